The molecule has 0 radical (unpaired) electrons. The Bertz CT molecular complexity index is 457. The van der Waals surface area contributed by atoms with Gasteiger partial charge in [-0.05, 0) is 25.8 Å². The van der Waals surface area contributed by atoms with E-state index in [0.717, 1.165) is 22.4 Å². The number of hydrogen-bond acceptors (Lipinski definition) is 3. The van der Waals surface area contributed by atoms with E-state index in [0.29, 0.717) is 13.0 Å². The zero-order valence-electron chi connectivity index (χ0n) is 10.2. The van der Waals surface area contributed by atoms with Crippen LogP contribution in [0.15, 0.2) is 12.1 Å². The summed E-state index contributed by atoms with van der Waals surface area (Å²) < 4.78 is 0. The molecule has 1 atom stereocenters. The first-order chi connectivity index (χ1) is 8.06. The van der Waals surface area contributed by atoms with E-state index in [1.165, 1.54) is 0 Å². The van der Waals surface area contributed by atoms with Crippen LogP contribution in [-0.2, 0) is 4.79 Å². The highest BCUT2D eigenvalue weighted by molar-refractivity contribution is 6.05. The molecule has 92 valence electrons. The van der Waals surface area contributed by atoms with E-state index in [2.05, 4.69) is 6.07 Å². The molecule has 1 amide bonds. The Labute approximate surface area is 101 Å². The van der Waals surface area contributed by atoms with Crippen molar-refractivity contribution < 1.29 is 9.90 Å². The molecule has 1 aliphatic rings. The molecule has 1 unspecified atom stereocenters. The molecule has 1 aliphatic heterocycles. The molecule has 0 aromatic heterocycles. The second-order valence-electron chi connectivity index (χ2n) is 4.56. The van der Waals surface area contributed by atoms with Crippen LogP contribution in [0.1, 0.15) is 29.2 Å². The number of nitrogens with zero attached hydrogens (tertiary/aromatic N) is 1. The Balaban J connectivity index is 2.44. The first-order valence-electron chi connectivity index (χ1n) is 5.85. The van der Waals surface area contributed by atoms with Crippen molar-refractivity contribution in [3.05, 3.63) is 28.8 Å². The summed E-state index contributed by atoms with van der Waals surface area (Å²) in [5.74, 6) is -0.0675. The lowest BCUT2D eigenvalue weighted by Crippen LogP contribution is -2.33. The molecular weight excluding hydrogens is 216 g/mol. The number of carbonyl (C=O) groups is 1. The normalized spacial score (nSPS) is 18.7. The number of nitrogens with two attached hydrogens (primary N) is 1. The lowest BCUT2D eigenvalue weighted by molar-refractivity contribution is -0.119. The Morgan fingerprint density at radius 2 is 2.12 bits per heavy atom. The van der Waals surface area contributed by atoms with E-state index in [-0.39, 0.29) is 12.5 Å². The molecule has 0 aliphatic carbocycles. The van der Waals surface area contributed by atoms with Crippen LogP contribution in [0.25, 0.3) is 0 Å². The van der Waals surface area contributed by atoms with Crippen LogP contribution in [0.2, 0.25) is 0 Å². The second-order valence-corrected chi connectivity index (χ2v) is 4.56. The molecule has 3 N–H and O–H groups in total. The second kappa shape index (κ2) is 4.47. The van der Waals surface area contributed by atoms with Crippen LogP contribution in [-0.4, -0.2) is 24.2 Å². The van der Waals surface area contributed by atoms with E-state index in [4.69, 9.17) is 10.8 Å². The predicted molar refractivity (Wildman–Crippen MR) is 66.9 cm³/mol. The van der Waals surface area contributed by atoms with Crippen molar-refractivity contribution in [1.29, 1.82) is 0 Å². The highest BCUT2D eigenvalue weighted by Crippen LogP contribution is 2.37. The van der Waals surface area contributed by atoms with Crippen molar-refractivity contribution in [3.63, 3.8) is 0 Å². The summed E-state index contributed by atoms with van der Waals surface area (Å²) in [7, 11) is 0. The largest absolute Gasteiger partial charge is 0.396 e. The first kappa shape index (κ1) is 12.1. The van der Waals surface area contributed by atoms with Gasteiger partial charge >= 0.3 is 0 Å². The summed E-state index contributed by atoms with van der Waals surface area (Å²) in [6.45, 7) is 4.60. The van der Waals surface area contributed by atoms with Gasteiger partial charge in [-0.15, -0.1) is 0 Å². The van der Waals surface area contributed by atoms with Gasteiger partial charge in [0.1, 0.15) is 6.04 Å². The molecule has 0 saturated heterocycles. The van der Waals surface area contributed by atoms with Gasteiger partial charge in [0, 0.05) is 18.7 Å². The van der Waals surface area contributed by atoms with Crippen molar-refractivity contribution in [2.75, 3.05) is 18.1 Å². The molecule has 0 saturated carbocycles. The predicted octanol–water partition coefficient (Wildman–Crippen LogP) is 1.03. The molecule has 0 spiro atoms. The molecule has 17 heavy (non-hydrogen) atoms. The highest BCUT2D eigenvalue weighted by Gasteiger charge is 2.35. The van der Waals surface area contributed by atoms with Crippen molar-refractivity contribution in [1.82, 2.24) is 0 Å². The van der Waals surface area contributed by atoms with Crippen LogP contribution in [0.3, 0.4) is 0 Å². The van der Waals surface area contributed by atoms with Gasteiger partial charge in [-0.25, -0.2) is 0 Å². The number of amides is 1. The quantitative estimate of drug-likeness (QED) is 0.821. The molecule has 4 nitrogen and oxygen atoms in total. The van der Waals surface area contributed by atoms with Gasteiger partial charge in [-0.3, -0.25) is 4.79 Å². The fraction of sp³-hybridized carbons (Fsp3) is 0.462. The molecule has 0 fully saturated rings. The van der Waals surface area contributed by atoms with Crippen LogP contribution >= 0.6 is 0 Å². The third-order valence-corrected chi connectivity index (χ3v) is 3.15. The zero-order chi connectivity index (χ0) is 12.6. The Morgan fingerprint density at radius 1 is 1.41 bits per heavy atom. The fourth-order valence-corrected chi connectivity index (χ4v) is 2.46. The van der Waals surface area contributed by atoms with Crippen molar-refractivity contribution in [2.45, 2.75) is 26.3 Å². The third-order valence-electron chi connectivity index (χ3n) is 3.15. The van der Waals surface area contributed by atoms with Crippen LogP contribution in [0, 0.1) is 13.8 Å². The molecule has 1 aromatic rings. The standard InChI is InChI=1S/C13H18N2O2/c1-8-6-9(2)12-10(7-8)11(14)13(17)15(12)4-3-5-16/h6-7,11,16H,3-5,14H2,1-2H3. The average molecular weight is 234 g/mol. The number of fused-ring (bicyclic) bond motifs is 1. The summed E-state index contributed by atoms with van der Waals surface area (Å²) >= 11 is 0. The van der Waals surface area contributed by atoms with Crippen LogP contribution in [0.5, 0.6) is 0 Å². The SMILES string of the molecule is Cc1cc(C)c2c(c1)C(N)C(=O)N2CCCO. The first-order valence-corrected chi connectivity index (χ1v) is 5.85. The smallest absolute Gasteiger partial charge is 0.248 e. The molecule has 1 heterocycles. The average Bonchev–Trinajstić information content (AvgIpc) is 2.51. The number of rotatable bonds is 3. The minimum Gasteiger partial charge on any atom is -0.396 e. The van der Waals surface area contributed by atoms with E-state index in [1.54, 1.807) is 4.90 Å². The van der Waals surface area contributed by atoms with E-state index in [1.807, 2.05) is 19.9 Å². The number of aryl methyl sites for hydroxylation is 2. The lowest BCUT2D eigenvalue weighted by Gasteiger charge is -2.19. The maximum Gasteiger partial charge on any atom is 0.248 e. The Hall–Kier alpha value is -1.39. The summed E-state index contributed by atoms with van der Waals surface area (Å²) in [4.78, 5) is 13.8. The molecule has 1 aromatic carbocycles. The number of carbonyl (C=O) groups excluding carboxylic acids is 1. The van der Waals surface area contributed by atoms with Gasteiger partial charge in [-0.1, -0.05) is 17.7 Å². The van der Waals surface area contributed by atoms with Gasteiger partial charge < -0.3 is 15.7 Å². The van der Waals surface area contributed by atoms with Crippen molar-refractivity contribution in [2.24, 2.45) is 5.73 Å². The summed E-state index contributed by atoms with van der Waals surface area (Å²) in [6.07, 6.45) is 0.575. The number of benzene rings is 1. The number of aliphatic hydroxyl groups excluding tert-OH is 1. The summed E-state index contributed by atoms with van der Waals surface area (Å²) in [6, 6.07) is 3.47. The van der Waals surface area contributed by atoms with Gasteiger partial charge in [-0.2, -0.15) is 0 Å². The number of anilines is 1. The highest BCUT2D eigenvalue weighted by atomic mass is 16.3. The molecule has 0 bridgehead atoms. The van der Waals surface area contributed by atoms with Gasteiger partial charge in [0.25, 0.3) is 0 Å². The van der Waals surface area contributed by atoms with Gasteiger partial charge in [0.15, 0.2) is 0 Å². The van der Waals surface area contributed by atoms with Crippen molar-refractivity contribution in [3.8, 4) is 0 Å². The van der Waals surface area contributed by atoms with E-state index < -0.39 is 6.04 Å². The molecular formula is C13H18N2O2. The Morgan fingerprint density at radius 3 is 2.76 bits per heavy atom. The fourth-order valence-electron chi connectivity index (χ4n) is 2.46. The van der Waals surface area contributed by atoms with Gasteiger partial charge in [0.05, 0.1) is 5.69 Å². The monoisotopic (exact) mass is 234 g/mol. The van der Waals surface area contributed by atoms with Crippen molar-refractivity contribution >= 4 is 11.6 Å². The van der Waals surface area contributed by atoms with E-state index in [9.17, 15) is 4.79 Å². The summed E-state index contributed by atoms with van der Waals surface area (Å²) in [5, 5.41) is 8.87. The van der Waals surface area contributed by atoms with Crippen LogP contribution in [0.4, 0.5) is 5.69 Å². The number of aliphatic hydroxyl groups is 1. The lowest BCUT2D eigenvalue weighted by atomic mass is 10.0. The minimum absolute atomic E-state index is 0.0675. The van der Waals surface area contributed by atoms with Gasteiger partial charge in [0.2, 0.25) is 5.91 Å². The zero-order valence-corrected chi connectivity index (χ0v) is 10.2. The van der Waals surface area contributed by atoms with E-state index >= 15 is 0 Å². The minimum atomic E-state index is -0.553. The number of hydrogen-bond donors (Lipinski definition) is 2. The maximum atomic E-state index is 12.1. The Kier molecular flexibility index (Phi) is 3.17. The maximum absolute atomic E-state index is 12.1. The molecule has 4 heteroatoms. The van der Waals surface area contributed by atoms with Crippen LogP contribution < -0.4 is 10.6 Å². The molecule has 2 rings (SSSR count). The summed E-state index contributed by atoms with van der Waals surface area (Å²) in [5.41, 5.74) is 9.96. The third kappa shape index (κ3) is 1.94. The topological polar surface area (TPSA) is 66.6 Å².